The molecule has 35 heavy (non-hydrogen) atoms. The van der Waals surface area contributed by atoms with Gasteiger partial charge in [-0.2, -0.15) is 10.1 Å². The second-order valence-corrected chi connectivity index (χ2v) is 10.0. The summed E-state index contributed by atoms with van der Waals surface area (Å²) in [7, 11) is 2.00. The fourth-order valence-corrected chi connectivity index (χ4v) is 5.11. The molecule has 3 N–H and O–H groups in total. The highest BCUT2D eigenvalue weighted by Crippen LogP contribution is 2.40. The Morgan fingerprint density at radius 1 is 1.29 bits per heavy atom. The summed E-state index contributed by atoms with van der Waals surface area (Å²) >= 11 is 0. The SMILES string of the molecule is CN1CCC[C@@H](NC(=O)[C@@H]2CC(F)(F)CN2c2nc(Nc3cc(C4CC4)[nH]n3)c3cccn3n2)C1. The van der Waals surface area contributed by atoms with Crippen LogP contribution in [0.3, 0.4) is 0 Å². The molecule has 10 nitrogen and oxygen atoms in total. The van der Waals surface area contributed by atoms with Crippen LogP contribution in [-0.4, -0.2) is 80.3 Å². The minimum atomic E-state index is -3.02. The Kier molecular flexibility index (Phi) is 5.35. The summed E-state index contributed by atoms with van der Waals surface area (Å²) in [5.41, 5.74) is 1.75. The molecule has 6 rings (SSSR count). The largest absolute Gasteiger partial charge is 0.350 e. The molecule has 3 aromatic rings. The maximum atomic E-state index is 14.6. The van der Waals surface area contributed by atoms with Crippen molar-refractivity contribution in [2.45, 2.75) is 56.0 Å². The second-order valence-electron chi connectivity index (χ2n) is 10.0. The van der Waals surface area contributed by atoms with Gasteiger partial charge in [-0.3, -0.25) is 9.89 Å². The predicted molar refractivity (Wildman–Crippen MR) is 126 cm³/mol. The number of hydrogen-bond donors (Lipinski definition) is 3. The van der Waals surface area contributed by atoms with E-state index in [-0.39, 0.29) is 12.0 Å². The molecule has 3 aliphatic rings. The molecule has 2 aliphatic heterocycles. The van der Waals surface area contributed by atoms with Crippen molar-refractivity contribution in [2.75, 3.05) is 36.9 Å². The lowest BCUT2D eigenvalue weighted by atomic mass is 10.1. The second kappa shape index (κ2) is 8.43. The number of anilines is 3. The third-order valence-electron chi connectivity index (χ3n) is 7.04. The number of halogens is 2. The number of piperidine rings is 1. The summed E-state index contributed by atoms with van der Waals surface area (Å²) in [4.78, 5) is 21.2. The van der Waals surface area contributed by atoms with Gasteiger partial charge >= 0.3 is 0 Å². The molecule has 0 radical (unpaired) electrons. The van der Waals surface area contributed by atoms with Gasteiger partial charge < -0.3 is 20.4 Å². The summed E-state index contributed by atoms with van der Waals surface area (Å²) in [6.07, 6.45) is 5.25. The number of nitrogens with zero attached hydrogens (tertiary/aromatic N) is 6. The maximum Gasteiger partial charge on any atom is 0.267 e. The van der Waals surface area contributed by atoms with Gasteiger partial charge in [0.25, 0.3) is 5.92 Å². The minimum absolute atomic E-state index is 0.0530. The number of H-pyrrole nitrogens is 1. The van der Waals surface area contributed by atoms with Crippen LogP contribution in [0, 0.1) is 0 Å². The van der Waals surface area contributed by atoms with Gasteiger partial charge in [0.2, 0.25) is 11.9 Å². The van der Waals surface area contributed by atoms with Crippen LogP contribution < -0.4 is 15.5 Å². The molecule has 12 heteroatoms. The van der Waals surface area contributed by atoms with Crippen molar-refractivity contribution in [1.82, 2.24) is 35.0 Å². The number of likely N-dealkylation sites (tertiary alicyclic amines) is 1. The molecule has 2 saturated heterocycles. The molecular weight excluding hydrogens is 456 g/mol. The zero-order chi connectivity index (χ0) is 24.2. The summed E-state index contributed by atoms with van der Waals surface area (Å²) in [6, 6.07) is 4.48. The number of nitrogens with one attached hydrogen (secondary N) is 3. The van der Waals surface area contributed by atoms with E-state index in [1.165, 1.54) is 4.90 Å². The molecule has 186 valence electrons. The van der Waals surface area contributed by atoms with E-state index in [4.69, 9.17) is 0 Å². The molecule has 0 bridgehead atoms. The molecule has 3 fully saturated rings. The number of alkyl halides is 2. The molecule has 5 heterocycles. The summed E-state index contributed by atoms with van der Waals surface area (Å²) in [6.45, 7) is 1.07. The highest BCUT2D eigenvalue weighted by Gasteiger charge is 2.49. The van der Waals surface area contributed by atoms with Crippen molar-refractivity contribution >= 4 is 29.0 Å². The Hall–Kier alpha value is -3.28. The lowest BCUT2D eigenvalue weighted by Crippen LogP contribution is -2.52. The molecule has 1 amide bonds. The lowest BCUT2D eigenvalue weighted by molar-refractivity contribution is -0.124. The minimum Gasteiger partial charge on any atom is -0.350 e. The fraction of sp³-hybridized carbons (Fsp3) is 0.565. The van der Waals surface area contributed by atoms with Crippen LogP contribution >= 0.6 is 0 Å². The number of carbonyl (C=O) groups is 1. The normalized spacial score (nSPS) is 24.7. The average molecular weight is 486 g/mol. The molecule has 1 aliphatic carbocycles. The number of rotatable bonds is 6. The van der Waals surface area contributed by atoms with Crippen LogP contribution in [0.1, 0.15) is 43.7 Å². The van der Waals surface area contributed by atoms with Gasteiger partial charge in [-0.15, -0.1) is 5.10 Å². The van der Waals surface area contributed by atoms with Crippen molar-refractivity contribution < 1.29 is 13.6 Å². The maximum absolute atomic E-state index is 14.6. The first-order valence-electron chi connectivity index (χ1n) is 12.2. The van der Waals surface area contributed by atoms with Gasteiger partial charge in [0.05, 0.1) is 6.54 Å². The quantitative estimate of drug-likeness (QED) is 0.493. The number of hydrogen-bond acceptors (Lipinski definition) is 7. The molecule has 1 saturated carbocycles. The van der Waals surface area contributed by atoms with E-state index in [0.29, 0.717) is 29.6 Å². The van der Waals surface area contributed by atoms with Gasteiger partial charge in [-0.25, -0.2) is 13.3 Å². The van der Waals surface area contributed by atoms with Crippen molar-refractivity contribution in [1.29, 1.82) is 0 Å². The summed E-state index contributed by atoms with van der Waals surface area (Å²) in [5.74, 6) is -1.79. The molecule has 0 unspecified atom stereocenters. The third-order valence-corrected chi connectivity index (χ3v) is 7.04. The first kappa shape index (κ1) is 22.2. The number of carbonyl (C=O) groups excluding carboxylic acids is 1. The van der Waals surface area contributed by atoms with Crippen LogP contribution in [0.15, 0.2) is 24.4 Å². The van der Waals surface area contributed by atoms with Crippen LogP contribution in [0.5, 0.6) is 0 Å². The van der Waals surface area contributed by atoms with E-state index >= 15 is 0 Å². The number of aromatic nitrogens is 5. The first-order chi connectivity index (χ1) is 16.8. The average Bonchev–Trinajstić information content (AvgIpc) is 3.21. The highest BCUT2D eigenvalue weighted by molar-refractivity contribution is 5.86. The molecule has 0 aromatic carbocycles. The van der Waals surface area contributed by atoms with E-state index in [1.807, 2.05) is 25.2 Å². The van der Waals surface area contributed by atoms with E-state index in [9.17, 15) is 13.6 Å². The molecule has 0 spiro atoms. The first-order valence-corrected chi connectivity index (χ1v) is 12.2. The zero-order valence-corrected chi connectivity index (χ0v) is 19.5. The number of fused-ring (bicyclic) bond motifs is 1. The molecular formula is C23H29F2N9O. The zero-order valence-electron chi connectivity index (χ0n) is 19.5. The van der Waals surface area contributed by atoms with Crippen molar-refractivity contribution in [3.05, 3.63) is 30.1 Å². The summed E-state index contributed by atoms with van der Waals surface area (Å²) in [5, 5.41) is 18.0. The molecule has 3 aromatic heterocycles. The Balaban J connectivity index is 1.28. The predicted octanol–water partition coefficient (Wildman–Crippen LogP) is 2.50. The smallest absolute Gasteiger partial charge is 0.267 e. The lowest BCUT2D eigenvalue weighted by Gasteiger charge is -2.32. The topological polar surface area (TPSA) is 106 Å². The number of likely N-dealkylation sites (N-methyl/N-ethyl adjacent to an activating group) is 1. The van der Waals surface area contributed by atoms with Crippen LogP contribution in [0.4, 0.5) is 26.4 Å². The number of amides is 1. The van der Waals surface area contributed by atoms with Crippen molar-refractivity contribution in [3.8, 4) is 0 Å². The Labute approximate surface area is 201 Å². The van der Waals surface area contributed by atoms with Crippen LogP contribution in [-0.2, 0) is 4.79 Å². The Morgan fingerprint density at radius 3 is 2.94 bits per heavy atom. The van der Waals surface area contributed by atoms with E-state index < -0.39 is 30.8 Å². The monoisotopic (exact) mass is 485 g/mol. The highest BCUT2D eigenvalue weighted by atomic mass is 19.3. The van der Waals surface area contributed by atoms with Gasteiger partial charge in [-0.1, -0.05) is 0 Å². The van der Waals surface area contributed by atoms with E-state index in [2.05, 4.69) is 35.8 Å². The fourth-order valence-electron chi connectivity index (χ4n) is 5.11. The van der Waals surface area contributed by atoms with Gasteiger partial charge in [0, 0.05) is 42.9 Å². The van der Waals surface area contributed by atoms with E-state index in [1.54, 1.807) is 10.7 Å². The summed E-state index contributed by atoms with van der Waals surface area (Å²) < 4.78 is 30.8. The van der Waals surface area contributed by atoms with Crippen molar-refractivity contribution in [2.24, 2.45) is 0 Å². The van der Waals surface area contributed by atoms with Gasteiger partial charge in [-0.05, 0) is 51.4 Å². The number of aromatic amines is 1. The Bertz CT molecular complexity index is 1240. The van der Waals surface area contributed by atoms with E-state index in [0.717, 1.165) is 37.9 Å². The van der Waals surface area contributed by atoms with Gasteiger partial charge in [0.15, 0.2) is 11.6 Å². The van der Waals surface area contributed by atoms with Crippen LogP contribution in [0.2, 0.25) is 0 Å². The van der Waals surface area contributed by atoms with Crippen molar-refractivity contribution in [3.63, 3.8) is 0 Å². The Morgan fingerprint density at radius 2 is 2.14 bits per heavy atom. The standard InChI is InChI=1S/C23H29F2N9O/c1-32-8-2-4-15(12-32)26-21(35)18-11-23(24,25)13-33(18)22-28-20(17-5-3-9-34(17)31-22)27-19-10-16(29-30-19)14-6-7-14/h3,5,9-10,14-15,18H,2,4,6-8,11-13H2,1H3,(H,26,35)(H2,27,28,29,30,31)/t15-,18+/m1/s1. The van der Waals surface area contributed by atoms with Crippen LogP contribution in [0.25, 0.3) is 5.52 Å². The van der Waals surface area contributed by atoms with Gasteiger partial charge in [0.1, 0.15) is 11.6 Å². The third kappa shape index (κ3) is 4.54. The molecule has 2 atom stereocenters.